The second kappa shape index (κ2) is 8.93. The first kappa shape index (κ1) is 19.4. The second-order valence-corrected chi connectivity index (χ2v) is 6.24. The van der Waals surface area contributed by atoms with Gasteiger partial charge in [0.2, 0.25) is 0 Å². The smallest absolute Gasteiger partial charge is 0.269 e. The average Bonchev–Trinajstić information content (AvgIpc) is 2.97. The minimum Gasteiger partial charge on any atom is -0.479 e. The van der Waals surface area contributed by atoms with Crippen LogP contribution in [0.4, 0.5) is 5.95 Å². The fourth-order valence-electron chi connectivity index (χ4n) is 1.75. The molecule has 2 aromatic rings. The number of carbonyl (C=O) groups excluding carboxylic acids is 1. The lowest BCUT2D eigenvalue weighted by Gasteiger charge is -2.16. The van der Waals surface area contributed by atoms with E-state index in [1.807, 2.05) is 6.92 Å². The SMILES string of the molecule is CCCn1nnc(NC(=S)NC(=O)C(C)Oc2ccc(Cl)cc2Cl)n1. The number of benzene rings is 1. The minimum atomic E-state index is -0.831. The summed E-state index contributed by atoms with van der Waals surface area (Å²) in [7, 11) is 0. The van der Waals surface area contributed by atoms with Crippen LogP contribution in [-0.2, 0) is 11.3 Å². The molecule has 0 aliphatic rings. The Bertz CT molecular complexity index is 770. The summed E-state index contributed by atoms with van der Waals surface area (Å²) in [5, 5.41) is 17.7. The summed E-state index contributed by atoms with van der Waals surface area (Å²) in [5.41, 5.74) is 0. The van der Waals surface area contributed by atoms with Crippen LogP contribution in [-0.4, -0.2) is 37.3 Å². The maximum atomic E-state index is 12.1. The van der Waals surface area contributed by atoms with Crippen molar-refractivity contribution in [3.8, 4) is 5.75 Å². The Balaban J connectivity index is 1.87. The van der Waals surface area contributed by atoms with Gasteiger partial charge in [0.05, 0.1) is 11.6 Å². The first-order chi connectivity index (χ1) is 11.9. The summed E-state index contributed by atoms with van der Waals surface area (Å²) in [5.74, 6) is 0.0919. The topological polar surface area (TPSA) is 94.0 Å². The average molecular weight is 403 g/mol. The largest absolute Gasteiger partial charge is 0.479 e. The molecule has 11 heteroatoms. The Hall–Kier alpha value is -1.97. The van der Waals surface area contributed by atoms with Crippen LogP contribution >= 0.6 is 35.4 Å². The minimum absolute atomic E-state index is 0.0405. The number of nitrogens with zero attached hydrogens (tertiary/aromatic N) is 4. The van der Waals surface area contributed by atoms with Crippen molar-refractivity contribution in [2.75, 3.05) is 5.32 Å². The molecule has 0 fully saturated rings. The number of aryl methyl sites for hydroxylation is 1. The van der Waals surface area contributed by atoms with E-state index in [1.165, 1.54) is 10.9 Å². The quantitative estimate of drug-likeness (QED) is 0.717. The van der Waals surface area contributed by atoms with E-state index in [2.05, 4.69) is 26.0 Å². The number of rotatable bonds is 6. The van der Waals surface area contributed by atoms with Gasteiger partial charge in [-0.2, -0.15) is 4.80 Å². The van der Waals surface area contributed by atoms with Crippen molar-refractivity contribution in [1.29, 1.82) is 0 Å². The number of tetrazole rings is 1. The Morgan fingerprint density at radius 1 is 1.44 bits per heavy atom. The van der Waals surface area contributed by atoms with Crippen LogP contribution in [0.2, 0.25) is 10.0 Å². The maximum Gasteiger partial charge on any atom is 0.269 e. The Morgan fingerprint density at radius 2 is 2.20 bits per heavy atom. The number of hydrogen-bond acceptors (Lipinski definition) is 6. The molecule has 1 aromatic heterocycles. The molecule has 1 unspecified atom stereocenters. The number of thiocarbonyl (C=S) groups is 1. The fourth-order valence-corrected chi connectivity index (χ4v) is 2.39. The van der Waals surface area contributed by atoms with E-state index in [4.69, 9.17) is 40.2 Å². The van der Waals surface area contributed by atoms with Gasteiger partial charge in [0.15, 0.2) is 11.2 Å². The summed E-state index contributed by atoms with van der Waals surface area (Å²) in [4.78, 5) is 13.6. The molecule has 0 spiro atoms. The maximum absolute atomic E-state index is 12.1. The zero-order valence-corrected chi connectivity index (χ0v) is 15.8. The number of aromatic nitrogens is 4. The Morgan fingerprint density at radius 3 is 2.88 bits per heavy atom. The highest BCUT2D eigenvalue weighted by Gasteiger charge is 2.18. The second-order valence-electron chi connectivity index (χ2n) is 4.99. The van der Waals surface area contributed by atoms with E-state index in [-0.39, 0.29) is 11.1 Å². The molecule has 1 amide bonds. The summed E-state index contributed by atoms with van der Waals surface area (Å²) in [6.45, 7) is 4.20. The highest BCUT2D eigenvalue weighted by Crippen LogP contribution is 2.28. The van der Waals surface area contributed by atoms with Gasteiger partial charge in [0, 0.05) is 5.02 Å². The van der Waals surface area contributed by atoms with Gasteiger partial charge in [0.25, 0.3) is 11.9 Å². The molecule has 1 heterocycles. The molecule has 0 bridgehead atoms. The van der Waals surface area contributed by atoms with Gasteiger partial charge < -0.3 is 4.74 Å². The third-order valence-electron chi connectivity index (χ3n) is 2.91. The van der Waals surface area contributed by atoms with Crippen molar-refractivity contribution in [2.24, 2.45) is 0 Å². The first-order valence-electron chi connectivity index (χ1n) is 7.40. The van der Waals surface area contributed by atoms with Gasteiger partial charge in [0.1, 0.15) is 5.75 Å². The molecular formula is C14H16Cl2N6O2S. The normalized spacial score (nSPS) is 11.7. The van der Waals surface area contributed by atoms with Gasteiger partial charge in [-0.3, -0.25) is 15.4 Å². The number of ether oxygens (including phenoxy) is 1. The third kappa shape index (κ3) is 5.80. The lowest BCUT2D eigenvalue weighted by atomic mass is 10.3. The number of amides is 1. The van der Waals surface area contributed by atoms with E-state index in [0.29, 0.717) is 22.3 Å². The van der Waals surface area contributed by atoms with Crippen molar-refractivity contribution in [2.45, 2.75) is 32.9 Å². The molecule has 0 aliphatic carbocycles. The summed E-state index contributed by atoms with van der Waals surface area (Å²) in [6.07, 6.45) is 0.0428. The Kier molecular flexibility index (Phi) is 6.91. The molecule has 134 valence electrons. The molecule has 0 radical (unpaired) electrons. The molecular weight excluding hydrogens is 387 g/mol. The number of hydrogen-bond donors (Lipinski definition) is 2. The van der Waals surface area contributed by atoms with Crippen molar-refractivity contribution >= 4 is 52.4 Å². The summed E-state index contributed by atoms with van der Waals surface area (Å²) < 4.78 is 5.51. The lowest BCUT2D eigenvalue weighted by Crippen LogP contribution is -2.42. The van der Waals surface area contributed by atoms with Crippen molar-refractivity contribution in [3.63, 3.8) is 0 Å². The molecule has 2 N–H and O–H groups in total. The van der Waals surface area contributed by atoms with Crippen molar-refractivity contribution < 1.29 is 9.53 Å². The van der Waals surface area contributed by atoms with E-state index in [1.54, 1.807) is 19.1 Å². The summed E-state index contributed by atoms with van der Waals surface area (Å²) >= 11 is 16.9. The molecule has 0 saturated carbocycles. The van der Waals surface area contributed by atoms with Crippen LogP contribution in [0, 0.1) is 0 Å². The number of anilines is 1. The van der Waals surface area contributed by atoms with Gasteiger partial charge in [-0.25, -0.2) is 0 Å². The standard InChI is InChI=1S/C14H16Cl2N6O2S/c1-3-6-22-20-13(19-21-22)18-14(25)17-12(23)8(2)24-11-5-4-9(15)7-10(11)16/h4-5,7-8H,3,6H2,1-2H3,(H2,17,18,20,23,25). The molecule has 1 aromatic carbocycles. The summed E-state index contributed by atoms with van der Waals surface area (Å²) in [6, 6.07) is 4.73. The van der Waals surface area contributed by atoms with Gasteiger partial charge in [-0.1, -0.05) is 35.2 Å². The van der Waals surface area contributed by atoms with Crippen LogP contribution in [0.25, 0.3) is 0 Å². The van der Waals surface area contributed by atoms with Crippen LogP contribution < -0.4 is 15.4 Å². The molecule has 1 atom stereocenters. The molecule has 0 aliphatic heterocycles. The first-order valence-corrected chi connectivity index (χ1v) is 8.56. The van der Waals surface area contributed by atoms with Gasteiger partial charge >= 0.3 is 0 Å². The van der Waals surface area contributed by atoms with Gasteiger partial charge in [-0.05, 0) is 49.0 Å². The van der Waals surface area contributed by atoms with Crippen molar-refractivity contribution in [1.82, 2.24) is 25.5 Å². The Labute approximate surface area is 159 Å². The zero-order valence-electron chi connectivity index (χ0n) is 13.5. The third-order valence-corrected chi connectivity index (χ3v) is 3.64. The molecule has 0 saturated heterocycles. The lowest BCUT2D eigenvalue weighted by molar-refractivity contribution is -0.125. The van der Waals surface area contributed by atoms with Crippen LogP contribution in [0.1, 0.15) is 20.3 Å². The van der Waals surface area contributed by atoms with Crippen LogP contribution in [0.15, 0.2) is 18.2 Å². The zero-order chi connectivity index (χ0) is 18.4. The molecule has 8 nitrogen and oxygen atoms in total. The van der Waals surface area contributed by atoms with Crippen molar-refractivity contribution in [3.05, 3.63) is 28.2 Å². The molecule has 2 rings (SSSR count). The number of nitrogens with one attached hydrogen (secondary N) is 2. The van der Waals surface area contributed by atoms with Gasteiger partial charge in [-0.15, -0.1) is 5.10 Å². The number of carbonyl (C=O) groups is 1. The monoisotopic (exact) mass is 402 g/mol. The fraction of sp³-hybridized carbons (Fsp3) is 0.357. The van der Waals surface area contributed by atoms with Crippen LogP contribution in [0.5, 0.6) is 5.75 Å². The highest BCUT2D eigenvalue weighted by atomic mass is 35.5. The number of halogens is 2. The van der Waals surface area contributed by atoms with E-state index in [0.717, 1.165) is 6.42 Å². The van der Waals surface area contributed by atoms with E-state index >= 15 is 0 Å². The van der Waals surface area contributed by atoms with Crippen LogP contribution in [0.3, 0.4) is 0 Å². The van der Waals surface area contributed by atoms with E-state index in [9.17, 15) is 4.79 Å². The molecule has 25 heavy (non-hydrogen) atoms. The predicted octanol–water partition coefficient (Wildman–Crippen LogP) is 2.67. The predicted molar refractivity (Wildman–Crippen MR) is 99.0 cm³/mol. The highest BCUT2D eigenvalue weighted by molar-refractivity contribution is 7.80. The van der Waals surface area contributed by atoms with E-state index < -0.39 is 12.0 Å².